The van der Waals surface area contributed by atoms with Crippen LogP contribution in [0.25, 0.3) is 0 Å². The van der Waals surface area contributed by atoms with Crippen LogP contribution in [0, 0.1) is 27.7 Å². The summed E-state index contributed by atoms with van der Waals surface area (Å²) in [5.74, 6) is 0.980. The molecule has 106 valence electrons. The van der Waals surface area contributed by atoms with E-state index in [-0.39, 0.29) is 4.83 Å². The Labute approximate surface area is 130 Å². The molecule has 2 aromatic carbocycles. The predicted molar refractivity (Wildman–Crippen MR) is 89.2 cm³/mol. The molecule has 0 aliphatic heterocycles. The summed E-state index contributed by atoms with van der Waals surface area (Å²) in [4.78, 5) is 0.212. The molecule has 0 spiro atoms. The Bertz CT molecular complexity index is 588. The van der Waals surface area contributed by atoms with Crippen LogP contribution in [-0.2, 0) is 0 Å². The first kappa shape index (κ1) is 15.1. The van der Waals surface area contributed by atoms with Gasteiger partial charge >= 0.3 is 0 Å². The fourth-order valence-electron chi connectivity index (χ4n) is 2.80. The van der Waals surface area contributed by atoms with E-state index >= 15 is 0 Å². The molecule has 1 nitrogen and oxygen atoms in total. The Balaban J connectivity index is 2.45. The monoisotopic (exact) mass is 332 g/mol. The number of rotatable bonds is 3. The third-order valence-corrected chi connectivity index (χ3v) is 4.57. The SMILES string of the molecule is COc1c(C)cc(C(Br)c2cc(C)cc(C)c2)cc1C. The summed E-state index contributed by atoms with van der Waals surface area (Å²) in [6.07, 6.45) is 0. The van der Waals surface area contributed by atoms with Gasteiger partial charge in [0.25, 0.3) is 0 Å². The third-order valence-electron chi connectivity index (χ3n) is 3.52. The van der Waals surface area contributed by atoms with E-state index in [1.165, 1.54) is 33.4 Å². The third kappa shape index (κ3) is 3.06. The molecule has 0 saturated heterocycles. The minimum atomic E-state index is 0.212. The molecule has 0 aliphatic rings. The van der Waals surface area contributed by atoms with E-state index in [0.717, 1.165) is 5.75 Å². The fraction of sp³-hybridized carbons (Fsp3) is 0.333. The van der Waals surface area contributed by atoms with Crippen molar-refractivity contribution >= 4 is 15.9 Å². The van der Waals surface area contributed by atoms with E-state index in [0.29, 0.717) is 0 Å². The molecular formula is C18H21BrO. The normalized spacial score (nSPS) is 12.3. The lowest BCUT2D eigenvalue weighted by Gasteiger charge is -2.16. The van der Waals surface area contributed by atoms with E-state index in [2.05, 4.69) is 74.0 Å². The van der Waals surface area contributed by atoms with E-state index in [1.807, 2.05) is 0 Å². The quantitative estimate of drug-likeness (QED) is 0.682. The van der Waals surface area contributed by atoms with Gasteiger partial charge in [-0.3, -0.25) is 0 Å². The van der Waals surface area contributed by atoms with Crippen LogP contribution >= 0.6 is 15.9 Å². The van der Waals surface area contributed by atoms with Gasteiger partial charge in [-0.15, -0.1) is 0 Å². The lowest BCUT2D eigenvalue weighted by molar-refractivity contribution is 0.408. The average Bonchev–Trinajstić information content (AvgIpc) is 2.36. The highest BCUT2D eigenvalue weighted by Crippen LogP contribution is 2.35. The van der Waals surface area contributed by atoms with Gasteiger partial charge in [-0.25, -0.2) is 0 Å². The minimum Gasteiger partial charge on any atom is -0.496 e. The Morgan fingerprint density at radius 1 is 0.800 bits per heavy atom. The van der Waals surface area contributed by atoms with E-state index < -0.39 is 0 Å². The molecule has 2 aromatic rings. The summed E-state index contributed by atoms with van der Waals surface area (Å²) in [5.41, 5.74) is 7.52. The van der Waals surface area contributed by atoms with E-state index in [1.54, 1.807) is 7.11 Å². The van der Waals surface area contributed by atoms with Gasteiger partial charge < -0.3 is 4.74 Å². The predicted octanol–water partition coefficient (Wildman–Crippen LogP) is 5.41. The molecule has 0 aliphatic carbocycles. The van der Waals surface area contributed by atoms with Crippen molar-refractivity contribution in [3.8, 4) is 5.75 Å². The van der Waals surface area contributed by atoms with Crippen LogP contribution in [0.1, 0.15) is 38.2 Å². The van der Waals surface area contributed by atoms with Gasteiger partial charge in [0.2, 0.25) is 0 Å². The lowest BCUT2D eigenvalue weighted by atomic mass is 9.97. The standard InChI is InChI=1S/C18H21BrO/c1-11-6-12(2)8-15(7-11)17(19)16-9-13(3)18(20-5)14(4)10-16/h6-10,17H,1-5H3. The number of benzene rings is 2. The second-order valence-corrected chi connectivity index (χ2v) is 6.39. The maximum atomic E-state index is 5.44. The molecule has 1 unspecified atom stereocenters. The summed E-state index contributed by atoms with van der Waals surface area (Å²) in [7, 11) is 1.73. The van der Waals surface area contributed by atoms with Gasteiger partial charge in [0.15, 0.2) is 0 Å². The summed E-state index contributed by atoms with van der Waals surface area (Å²) in [6.45, 7) is 8.47. The van der Waals surface area contributed by atoms with Crippen molar-refractivity contribution in [2.75, 3.05) is 7.11 Å². The average molecular weight is 333 g/mol. The van der Waals surface area contributed by atoms with Crippen molar-refractivity contribution < 1.29 is 4.74 Å². The van der Waals surface area contributed by atoms with Crippen LogP contribution in [0.15, 0.2) is 30.3 Å². The first-order valence-electron chi connectivity index (χ1n) is 6.79. The Morgan fingerprint density at radius 3 is 1.70 bits per heavy atom. The van der Waals surface area contributed by atoms with Crippen LogP contribution < -0.4 is 4.74 Å². The van der Waals surface area contributed by atoms with E-state index in [9.17, 15) is 0 Å². The Morgan fingerprint density at radius 2 is 1.25 bits per heavy atom. The number of halogens is 1. The van der Waals surface area contributed by atoms with Crippen molar-refractivity contribution in [2.45, 2.75) is 32.5 Å². The summed E-state index contributed by atoms with van der Waals surface area (Å²) in [5, 5.41) is 0. The van der Waals surface area contributed by atoms with Gasteiger partial charge in [-0.1, -0.05) is 57.4 Å². The highest BCUT2D eigenvalue weighted by atomic mass is 79.9. The van der Waals surface area contributed by atoms with Crippen molar-refractivity contribution in [1.82, 2.24) is 0 Å². The van der Waals surface area contributed by atoms with Crippen LogP contribution in [0.5, 0.6) is 5.75 Å². The minimum absolute atomic E-state index is 0.212. The summed E-state index contributed by atoms with van der Waals surface area (Å²) in [6, 6.07) is 11.1. The van der Waals surface area contributed by atoms with Crippen molar-refractivity contribution in [2.24, 2.45) is 0 Å². The molecular weight excluding hydrogens is 312 g/mol. The second kappa shape index (κ2) is 6.01. The topological polar surface area (TPSA) is 9.23 Å². The highest BCUT2D eigenvalue weighted by Gasteiger charge is 2.14. The van der Waals surface area contributed by atoms with E-state index in [4.69, 9.17) is 4.74 Å². The van der Waals surface area contributed by atoms with Crippen LogP contribution in [-0.4, -0.2) is 7.11 Å². The van der Waals surface area contributed by atoms with Crippen LogP contribution in [0.3, 0.4) is 0 Å². The number of aryl methyl sites for hydroxylation is 4. The smallest absolute Gasteiger partial charge is 0.124 e. The molecule has 0 radical (unpaired) electrons. The molecule has 1 atom stereocenters. The van der Waals surface area contributed by atoms with Crippen molar-refractivity contribution in [3.05, 3.63) is 63.7 Å². The van der Waals surface area contributed by atoms with Crippen molar-refractivity contribution in [3.63, 3.8) is 0 Å². The number of ether oxygens (including phenoxy) is 1. The molecule has 2 rings (SSSR count). The summed E-state index contributed by atoms with van der Waals surface area (Å²) >= 11 is 3.84. The van der Waals surface area contributed by atoms with Gasteiger partial charge in [-0.05, 0) is 49.9 Å². The summed E-state index contributed by atoms with van der Waals surface area (Å²) < 4.78 is 5.44. The number of hydrogen-bond acceptors (Lipinski definition) is 1. The largest absolute Gasteiger partial charge is 0.496 e. The first-order chi connectivity index (χ1) is 9.42. The lowest BCUT2D eigenvalue weighted by Crippen LogP contribution is -1.98. The van der Waals surface area contributed by atoms with Gasteiger partial charge in [0.05, 0.1) is 11.9 Å². The molecule has 0 saturated carbocycles. The first-order valence-corrected chi connectivity index (χ1v) is 7.71. The zero-order valence-corrected chi connectivity index (χ0v) is 14.3. The highest BCUT2D eigenvalue weighted by molar-refractivity contribution is 9.09. The maximum Gasteiger partial charge on any atom is 0.124 e. The second-order valence-electron chi connectivity index (χ2n) is 5.47. The molecule has 0 N–H and O–H groups in total. The number of alkyl halides is 1. The molecule has 20 heavy (non-hydrogen) atoms. The Kier molecular flexibility index (Phi) is 4.54. The Hall–Kier alpha value is -1.28. The number of hydrogen-bond donors (Lipinski definition) is 0. The van der Waals surface area contributed by atoms with Gasteiger partial charge in [-0.2, -0.15) is 0 Å². The molecule has 0 heterocycles. The maximum absolute atomic E-state index is 5.44. The molecule has 0 aromatic heterocycles. The molecule has 0 amide bonds. The zero-order chi connectivity index (χ0) is 14.9. The zero-order valence-electron chi connectivity index (χ0n) is 12.8. The molecule has 2 heteroatoms. The van der Waals surface area contributed by atoms with Crippen LogP contribution in [0.2, 0.25) is 0 Å². The molecule has 0 bridgehead atoms. The van der Waals surface area contributed by atoms with Gasteiger partial charge in [0, 0.05) is 0 Å². The van der Waals surface area contributed by atoms with Crippen LogP contribution in [0.4, 0.5) is 0 Å². The fourth-order valence-corrected chi connectivity index (χ4v) is 3.33. The van der Waals surface area contributed by atoms with Gasteiger partial charge in [0.1, 0.15) is 5.75 Å². The van der Waals surface area contributed by atoms with Crippen molar-refractivity contribution in [1.29, 1.82) is 0 Å². The number of methoxy groups -OCH3 is 1. The molecule has 0 fully saturated rings.